The number of alkyl halides is 3. The van der Waals surface area contributed by atoms with E-state index in [4.69, 9.17) is 16.3 Å². The number of hydrogen-bond acceptors (Lipinski definition) is 7. The van der Waals surface area contributed by atoms with Crippen LogP contribution in [0.4, 0.5) is 19.0 Å². The van der Waals surface area contributed by atoms with Crippen LogP contribution in [0.1, 0.15) is 50.0 Å². The van der Waals surface area contributed by atoms with E-state index >= 15 is 0 Å². The average molecular weight is 566 g/mol. The Balaban J connectivity index is 1.78. The van der Waals surface area contributed by atoms with Crippen LogP contribution in [-0.4, -0.2) is 66.5 Å². The van der Waals surface area contributed by atoms with Gasteiger partial charge in [-0.05, 0) is 45.4 Å². The van der Waals surface area contributed by atoms with Crippen molar-refractivity contribution in [2.75, 3.05) is 25.2 Å². The molecule has 1 aliphatic rings. The van der Waals surface area contributed by atoms with Crippen LogP contribution in [0.2, 0.25) is 5.02 Å². The standard InChI is InChI=1S/C23H31ClF3N5O4S/c1-5-32-21(16-12-28-18(10-17(16)36-3)30-13(2)23(25,26)27)19(24)20(31-32)22(33)29-11-14-6-8-15(9-7-14)37(4,34)35/h10,12-15H,5-9,11H2,1-4H3,(H,28,30)(H,29,33)/t13-,14?,15?/m1/s1. The summed E-state index contributed by atoms with van der Waals surface area (Å²) in [5.41, 5.74) is 0.714. The summed E-state index contributed by atoms with van der Waals surface area (Å²) in [7, 11) is -1.70. The van der Waals surface area contributed by atoms with Gasteiger partial charge in [-0.3, -0.25) is 9.48 Å². The summed E-state index contributed by atoms with van der Waals surface area (Å²) in [6.45, 7) is 3.50. The van der Waals surface area contributed by atoms with Crippen molar-refractivity contribution in [1.82, 2.24) is 20.1 Å². The van der Waals surface area contributed by atoms with E-state index in [0.29, 0.717) is 50.0 Å². The molecular weight excluding hydrogens is 535 g/mol. The van der Waals surface area contributed by atoms with Crippen molar-refractivity contribution in [3.8, 4) is 17.0 Å². The number of aromatic nitrogens is 3. The van der Waals surface area contributed by atoms with Crippen LogP contribution in [0.5, 0.6) is 5.75 Å². The van der Waals surface area contributed by atoms with E-state index in [0.717, 1.165) is 6.92 Å². The number of halogens is 4. The minimum absolute atomic E-state index is 0.00159. The van der Waals surface area contributed by atoms with Gasteiger partial charge in [-0.1, -0.05) is 11.6 Å². The van der Waals surface area contributed by atoms with Gasteiger partial charge in [0.05, 0.1) is 28.6 Å². The number of hydrogen-bond donors (Lipinski definition) is 2. The van der Waals surface area contributed by atoms with Crippen molar-refractivity contribution < 1.29 is 31.1 Å². The Morgan fingerprint density at radius 3 is 2.49 bits per heavy atom. The quantitative estimate of drug-likeness (QED) is 0.465. The van der Waals surface area contributed by atoms with Gasteiger partial charge in [0.2, 0.25) is 0 Å². The van der Waals surface area contributed by atoms with Crippen LogP contribution in [-0.2, 0) is 16.4 Å². The highest BCUT2D eigenvalue weighted by atomic mass is 35.5. The van der Waals surface area contributed by atoms with Crippen molar-refractivity contribution in [2.24, 2.45) is 5.92 Å². The topological polar surface area (TPSA) is 115 Å². The van der Waals surface area contributed by atoms with E-state index < -0.39 is 28.0 Å². The second-order valence-electron chi connectivity index (χ2n) is 9.19. The molecule has 2 heterocycles. The molecule has 0 saturated heterocycles. The number of methoxy groups -OCH3 is 1. The molecule has 1 atom stereocenters. The summed E-state index contributed by atoms with van der Waals surface area (Å²) in [5, 5.41) is 9.19. The Labute approximate surface area is 219 Å². The lowest BCUT2D eigenvalue weighted by Crippen LogP contribution is -2.34. The van der Waals surface area contributed by atoms with Crippen LogP contribution in [0.25, 0.3) is 11.3 Å². The van der Waals surface area contributed by atoms with Crippen molar-refractivity contribution >= 4 is 33.2 Å². The van der Waals surface area contributed by atoms with Gasteiger partial charge in [0.1, 0.15) is 27.4 Å². The highest BCUT2D eigenvalue weighted by Crippen LogP contribution is 2.38. The fourth-order valence-electron chi connectivity index (χ4n) is 4.32. The lowest BCUT2D eigenvalue weighted by molar-refractivity contribution is -0.138. The van der Waals surface area contributed by atoms with Gasteiger partial charge in [0, 0.05) is 31.6 Å². The summed E-state index contributed by atoms with van der Waals surface area (Å²) in [4.78, 5) is 17.0. The zero-order chi connectivity index (χ0) is 27.5. The summed E-state index contributed by atoms with van der Waals surface area (Å²) in [6, 6.07) is -0.495. The Hall–Kier alpha value is -2.54. The van der Waals surface area contributed by atoms with Gasteiger partial charge in [-0.2, -0.15) is 18.3 Å². The molecule has 0 radical (unpaired) electrons. The van der Waals surface area contributed by atoms with Gasteiger partial charge in [0.25, 0.3) is 5.91 Å². The molecule has 0 unspecified atom stereocenters. The number of carbonyl (C=O) groups excluding carboxylic acids is 1. The molecule has 2 aromatic rings. The maximum absolute atomic E-state index is 12.9. The third-order valence-corrected chi connectivity index (χ3v) is 8.60. The molecule has 2 N–H and O–H groups in total. The zero-order valence-corrected chi connectivity index (χ0v) is 22.6. The number of anilines is 1. The molecule has 1 saturated carbocycles. The first kappa shape index (κ1) is 29.0. The van der Waals surface area contributed by atoms with Crippen LogP contribution >= 0.6 is 11.6 Å². The van der Waals surface area contributed by atoms with Crippen LogP contribution in [0.15, 0.2) is 12.3 Å². The number of carbonyl (C=O) groups is 1. The molecule has 0 bridgehead atoms. The molecule has 1 aliphatic carbocycles. The minimum Gasteiger partial charge on any atom is -0.496 e. The van der Waals surface area contributed by atoms with Crippen molar-refractivity contribution in [2.45, 2.75) is 63.5 Å². The largest absolute Gasteiger partial charge is 0.496 e. The predicted molar refractivity (Wildman–Crippen MR) is 135 cm³/mol. The van der Waals surface area contributed by atoms with E-state index in [9.17, 15) is 26.4 Å². The molecule has 1 amide bonds. The van der Waals surface area contributed by atoms with E-state index in [1.807, 2.05) is 0 Å². The van der Waals surface area contributed by atoms with Crippen molar-refractivity contribution in [1.29, 1.82) is 0 Å². The smallest absolute Gasteiger partial charge is 0.408 e. The summed E-state index contributed by atoms with van der Waals surface area (Å²) >= 11 is 6.58. The van der Waals surface area contributed by atoms with Crippen molar-refractivity contribution in [3.63, 3.8) is 0 Å². The second kappa shape index (κ2) is 11.5. The molecule has 9 nitrogen and oxygen atoms in total. The maximum atomic E-state index is 12.9. The van der Waals surface area contributed by atoms with Gasteiger partial charge >= 0.3 is 6.18 Å². The Kier molecular flexibility index (Phi) is 8.99. The highest BCUT2D eigenvalue weighted by Gasteiger charge is 2.36. The second-order valence-corrected chi connectivity index (χ2v) is 11.9. The number of aryl methyl sites for hydroxylation is 1. The molecule has 14 heteroatoms. The normalized spacial score (nSPS) is 19.4. The minimum atomic E-state index is -4.45. The predicted octanol–water partition coefficient (Wildman–Crippen LogP) is 4.32. The SMILES string of the molecule is CCn1nc(C(=O)NCC2CCC(S(C)(=O)=O)CC2)c(Cl)c1-c1cnc(N[C@H](C)C(F)(F)F)cc1OC. The summed E-state index contributed by atoms with van der Waals surface area (Å²) in [6.07, 6.45) is 0.630. The fraction of sp³-hybridized carbons (Fsp3) is 0.609. The molecule has 1 fully saturated rings. The Morgan fingerprint density at radius 2 is 1.95 bits per heavy atom. The molecule has 2 aromatic heterocycles. The van der Waals surface area contributed by atoms with E-state index in [1.54, 1.807) is 6.92 Å². The van der Waals surface area contributed by atoms with Crippen LogP contribution in [0.3, 0.4) is 0 Å². The lowest BCUT2D eigenvalue weighted by atomic mass is 9.89. The van der Waals surface area contributed by atoms with Gasteiger partial charge in [0.15, 0.2) is 5.69 Å². The Morgan fingerprint density at radius 1 is 1.30 bits per heavy atom. The number of ether oxygens (including phenoxy) is 1. The van der Waals surface area contributed by atoms with Crippen LogP contribution in [0, 0.1) is 5.92 Å². The van der Waals surface area contributed by atoms with Crippen molar-refractivity contribution in [3.05, 3.63) is 23.0 Å². The number of rotatable bonds is 9. The Bertz CT molecular complexity index is 1230. The summed E-state index contributed by atoms with van der Waals surface area (Å²) < 4.78 is 69.2. The van der Waals surface area contributed by atoms with Crippen LogP contribution < -0.4 is 15.4 Å². The highest BCUT2D eigenvalue weighted by molar-refractivity contribution is 7.91. The van der Waals surface area contributed by atoms with Gasteiger partial charge in [-0.15, -0.1) is 0 Å². The lowest BCUT2D eigenvalue weighted by Gasteiger charge is -2.27. The molecule has 0 aliphatic heterocycles. The first-order valence-electron chi connectivity index (χ1n) is 11.9. The fourth-order valence-corrected chi connectivity index (χ4v) is 5.77. The van der Waals surface area contributed by atoms with Gasteiger partial charge < -0.3 is 15.4 Å². The monoisotopic (exact) mass is 565 g/mol. The third-order valence-electron chi connectivity index (χ3n) is 6.56. The molecule has 0 aromatic carbocycles. The third kappa shape index (κ3) is 6.86. The maximum Gasteiger partial charge on any atom is 0.408 e. The van der Waals surface area contributed by atoms with E-state index in [1.165, 1.54) is 30.3 Å². The van der Waals surface area contributed by atoms with E-state index in [-0.39, 0.29) is 33.5 Å². The summed E-state index contributed by atoms with van der Waals surface area (Å²) in [5.74, 6) is -0.157. The number of pyridine rings is 1. The number of nitrogens with one attached hydrogen (secondary N) is 2. The first-order chi connectivity index (χ1) is 17.3. The number of nitrogens with zero attached hydrogens (tertiary/aromatic N) is 3. The molecular formula is C23H31ClF3N5O4S. The zero-order valence-electron chi connectivity index (χ0n) is 21.0. The number of amides is 1. The molecule has 0 spiro atoms. The molecule has 206 valence electrons. The first-order valence-corrected chi connectivity index (χ1v) is 14.2. The molecule has 3 rings (SSSR count). The van der Waals surface area contributed by atoms with Gasteiger partial charge in [-0.25, -0.2) is 13.4 Å². The molecule has 37 heavy (non-hydrogen) atoms. The number of sulfone groups is 1. The average Bonchev–Trinajstić information content (AvgIpc) is 3.17. The van der Waals surface area contributed by atoms with E-state index in [2.05, 4.69) is 20.7 Å².